The highest BCUT2D eigenvalue weighted by Gasteiger charge is 2.05. The summed E-state index contributed by atoms with van der Waals surface area (Å²) < 4.78 is 1.93. The van der Waals surface area contributed by atoms with Crippen LogP contribution < -0.4 is 10.6 Å². The lowest BCUT2D eigenvalue weighted by molar-refractivity contribution is 0.757. The predicted octanol–water partition coefficient (Wildman–Crippen LogP) is 2.86. The van der Waals surface area contributed by atoms with Crippen LogP contribution in [0, 0.1) is 6.92 Å². The molecule has 0 aliphatic rings. The van der Waals surface area contributed by atoms with E-state index in [9.17, 15) is 0 Å². The van der Waals surface area contributed by atoms with Gasteiger partial charge in [-0.05, 0) is 31.0 Å². The topological polar surface area (TPSA) is 67.1 Å². The zero-order chi connectivity index (χ0) is 17.4. The highest BCUT2D eigenvalue weighted by molar-refractivity contribution is 14.0. The zero-order valence-electron chi connectivity index (χ0n) is 14.5. The Morgan fingerprint density at radius 1 is 1.28 bits per heavy atom. The molecular formula is C17H24ClIN6. The minimum Gasteiger partial charge on any atom is -0.356 e. The van der Waals surface area contributed by atoms with Crippen LogP contribution in [0.25, 0.3) is 0 Å². The van der Waals surface area contributed by atoms with Gasteiger partial charge in [0.25, 0.3) is 0 Å². The quantitative estimate of drug-likeness (QED) is 0.280. The second-order valence-electron chi connectivity index (χ2n) is 5.36. The second-order valence-corrected chi connectivity index (χ2v) is 5.80. The van der Waals surface area contributed by atoms with Crippen molar-refractivity contribution in [2.45, 2.75) is 19.9 Å². The van der Waals surface area contributed by atoms with Crippen molar-refractivity contribution >= 4 is 41.5 Å². The molecule has 0 fully saturated rings. The molecule has 0 radical (unpaired) electrons. The third-order valence-electron chi connectivity index (χ3n) is 3.59. The van der Waals surface area contributed by atoms with Crippen LogP contribution in [0.3, 0.4) is 0 Å². The van der Waals surface area contributed by atoms with E-state index in [0.29, 0.717) is 13.1 Å². The molecule has 2 aromatic rings. The van der Waals surface area contributed by atoms with Crippen molar-refractivity contribution in [3.05, 3.63) is 59.2 Å². The molecule has 0 saturated carbocycles. The summed E-state index contributed by atoms with van der Waals surface area (Å²) in [5.74, 6) is 2.42. The van der Waals surface area contributed by atoms with Gasteiger partial charge in [-0.2, -0.15) is 0 Å². The third-order valence-corrected chi connectivity index (χ3v) is 3.85. The van der Waals surface area contributed by atoms with Crippen LogP contribution in [0.1, 0.15) is 17.2 Å². The number of nitrogens with zero attached hydrogens (tertiary/aromatic N) is 4. The molecule has 0 aliphatic carbocycles. The van der Waals surface area contributed by atoms with Gasteiger partial charge in [-0.15, -0.1) is 40.8 Å². The minimum atomic E-state index is 0. The van der Waals surface area contributed by atoms with Crippen LogP contribution in [0.4, 0.5) is 0 Å². The van der Waals surface area contributed by atoms with E-state index in [-0.39, 0.29) is 24.0 Å². The van der Waals surface area contributed by atoms with E-state index in [4.69, 9.17) is 11.6 Å². The fraction of sp³-hybridized carbons (Fsp3) is 0.353. The van der Waals surface area contributed by atoms with Gasteiger partial charge in [0.05, 0.1) is 0 Å². The van der Waals surface area contributed by atoms with Gasteiger partial charge in [-0.3, -0.25) is 0 Å². The molecule has 0 aliphatic heterocycles. The average molecular weight is 475 g/mol. The van der Waals surface area contributed by atoms with Crippen LogP contribution >= 0.6 is 35.6 Å². The maximum Gasteiger partial charge on any atom is 0.191 e. The van der Waals surface area contributed by atoms with E-state index in [2.05, 4.69) is 32.4 Å². The zero-order valence-corrected chi connectivity index (χ0v) is 17.6. The average Bonchev–Trinajstić information content (AvgIpc) is 2.90. The lowest BCUT2D eigenvalue weighted by atomic mass is 10.1. The summed E-state index contributed by atoms with van der Waals surface area (Å²) in [5.41, 5.74) is 1.22. The molecule has 6 nitrogen and oxygen atoms in total. The lowest BCUT2D eigenvalue weighted by Gasteiger charge is -2.11. The number of rotatable bonds is 7. The number of aromatic nitrogens is 3. The summed E-state index contributed by atoms with van der Waals surface area (Å²) in [6.45, 7) is 7.51. The summed E-state index contributed by atoms with van der Waals surface area (Å²) in [6.07, 6.45) is 2.68. The molecule has 2 N–H and O–H groups in total. The van der Waals surface area contributed by atoms with Crippen molar-refractivity contribution in [3.63, 3.8) is 0 Å². The number of hydrogen-bond donors (Lipinski definition) is 2. The van der Waals surface area contributed by atoms with Crippen LogP contribution in [0.5, 0.6) is 0 Å². The molecule has 0 saturated heterocycles. The Kier molecular flexibility index (Phi) is 9.51. The molecule has 136 valence electrons. The molecule has 0 bridgehead atoms. The van der Waals surface area contributed by atoms with Gasteiger partial charge in [0.15, 0.2) is 11.8 Å². The summed E-state index contributed by atoms with van der Waals surface area (Å²) in [7, 11) is 1.94. The molecule has 8 heteroatoms. The number of aryl methyl sites for hydroxylation is 1. The van der Waals surface area contributed by atoms with Gasteiger partial charge in [-0.1, -0.05) is 29.8 Å². The van der Waals surface area contributed by atoms with E-state index in [1.54, 1.807) is 6.08 Å². The number of benzene rings is 1. The summed E-state index contributed by atoms with van der Waals surface area (Å²) in [5, 5.41) is 15.4. The van der Waals surface area contributed by atoms with Crippen LogP contribution in [-0.4, -0.2) is 33.8 Å². The normalized spacial score (nSPS) is 10.9. The molecule has 1 aromatic heterocycles. The highest BCUT2D eigenvalue weighted by atomic mass is 127. The Hall–Kier alpha value is -1.61. The van der Waals surface area contributed by atoms with Gasteiger partial charge in [-0.25, -0.2) is 4.99 Å². The van der Waals surface area contributed by atoms with Crippen molar-refractivity contribution < 1.29 is 0 Å². The molecular weight excluding hydrogens is 451 g/mol. The van der Waals surface area contributed by atoms with Gasteiger partial charge in [0, 0.05) is 25.2 Å². The molecule has 0 amide bonds. The maximum atomic E-state index is 5.90. The first-order valence-corrected chi connectivity index (χ1v) is 8.20. The fourth-order valence-corrected chi connectivity index (χ4v) is 2.18. The Morgan fingerprint density at radius 2 is 2.00 bits per heavy atom. The molecule has 1 aromatic carbocycles. The number of hydrogen-bond acceptors (Lipinski definition) is 3. The van der Waals surface area contributed by atoms with E-state index in [1.165, 1.54) is 5.56 Å². The van der Waals surface area contributed by atoms with E-state index < -0.39 is 0 Å². The molecule has 25 heavy (non-hydrogen) atoms. The maximum absolute atomic E-state index is 5.90. The van der Waals surface area contributed by atoms with E-state index in [0.717, 1.165) is 35.6 Å². The number of halogens is 2. The lowest BCUT2D eigenvalue weighted by Crippen LogP contribution is -2.38. The van der Waals surface area contributed by atoms with Gasteiger partial charge < -0.3 is 15.2 Å². The Labute approximate surface area is 170 Å². The predicted molar refractivity (Wildman–Crippen MR) is 114 cm³/mol. The Bertz CT molecular complexity index is 696. The van der Waals surface area contributed by atoms with Gasteiger partial charge >= 0.3 is 0 Å². The van der Waals surface area contributed by atoms with Gasteiger partial charge in [0.1, 0.15) is 12.4 Å². The number of nitrogens with one attached hydrogen (secondary N) is 2. The standard InChI is InChI=1S/C17H23ClN6.HI/c1-4-10-19-17(21-12-16-23-22-13(2)24(16)3)20-11-9-14-5-7-15(18)8-6-14;/h4-8H,1,9-12H2,2-3H3,(H2,19,20,21);1H. The van der Waals surface area contributed by atoms with Crippen molar-refractivity contribution in [1.82, 2.24) is 25.4 Å². The van der Waals surface area contributed by atoms with Crippen molar-refractivity contribution in [1.29, 1.82) is 0 Å². The Balaban J connectivity index is 0.00000312. The largest absolute Gasteiger partial charge is 0.356 e. The molecule has 0 atom stereocenters. The molecule has 2 rings (SSSR count). The first-order chi connectivity index (χ1) is 11.6. The first kappa shape index (κ1) is 21.4. The third kappa shape index (κ3) is 7.03. The smallest absolute Gasteiger partial charge is 0.191 e. The SMILES string of the molecule is C=CCNC(=NCc1nnc(C)n1C)NCCc1ccc(Cl)cc1.I. The van der Waals surface area contributed by atoms with Gasteiger partial charge in [0.2, 0.25) is 0 Å². The second kappa shape index (κ2) is 11.1. The summed E-state index contributed by atoms with van der Waals surface area (Å²) in [6, 6.07) is 7.86. The van der Waals surface area contributed by atoms with Crippen LogP contribution in [0.15, 0.2) is 41.9 Å². The summed E-state index contributed by atoms with van der Waals surface area (Å²) >= 11 is 5.90. The first-order valence-electron chi connectivity index (χ1n) is 7.82. The van der Waals surface area contributed by atoms with Crippen molar-refractivity contribution in [2.24, 2.45) is 12.0 Å². The molecule has 0 unspecified atom stereocenters. The van der Waals surface area contributed by atoms with Crippen LogP contribution in [-0.2, 0) is 20.0 Å². The van der Waals surface area contributed by atoms with Crippen molar-refractivity contribution in [3.8, 4) is 0 Å². The molecule has 1 heterocycles. The van der Waals surface area contributed by atoms with Crippen LogP contribution in [0.2, 0.25) is 5.02 Å². The number of aliphatic imine (C=N–C) groups is 1. The minimum absolute atomic E-state index is 0. The van der Waals surface area contributed by atoms with E-state index in [1.807, 2.05) is 42.8 Å². The van der Waals surface area contributed by atoms with Crippen molar-refractivity contribution in [2.75, 3.05) is 13.1 Å². The summed E-state index contributed by atoms with van der Waals surface area (Å²) in [4.78, 5) is 4.55. The Morgan fingerprint density at radius 3 is 2.60 bits per heavy atom. The monoisotopic (exact) mass is 474 g/mol. The molecule has 0 spiro atoms. The van der Waals surface area contributed by atoms with E-state index >= 15 is 0 Å². The fourth-order valence-electron chi connectivity index (χ4n) is 2.06. The highest BCUT2D eigenvalue weighted by Crippen LogP contribution is 2.09. The number of guanidine groups is 1.